The van der Waals surface area contributed by atoms with Gasteiger partial charge in [0.25, 0.3) is 0 Å². The maximum atomic E-state index is 10.0. The molecule has 6 heteroatoms. The lowest BCUT2D eigenvalue weighted by atomic mass is 9.91. The topological polar surface area (TPSA) is 99.4 Å². The molecule has 19 heavy (non-hydrogen) atoms. The smallest absolute Gasteiger partial charge is 0.124 e. The number of aliphatic hydroxyl groups is 4. The molecule has 1 aromatic carbocycles. The molecule has 5 atom stereocenters. The van der Waals surface area contributed by atoms with Crippen LogP contribution in [0.1, 0.15) is 11.7 Å². The Bertz CT molecular complexity index is 421. The summed E-state index contributed by atoms with van der Waals surface area (Å²) in [5.74, 6) is 0.506. The molecule has 4 N–H and O–H groups in total. The molecule has 1 aliphatic heterocycles. The number of aliphatic hydroxyl groups excluding tert-OH is 4. The fourth-order valence-electron chi connectivity index (χ4n) is 2.26. The third kappa shape index (κ3) is 2.58. The number of rotatable bonds is 3. The zero-order chi connectivity index (χ0) is 14.0. The zero-order valence-electron chi connectivity index (χ0n) is 10.5. The van der Waals surface area contributed by atoms with Crippen LogP contribution in [-0.2, 0) is 4.74 Å². The van der Waals surface area contributed by atoms with E-state index in [1.54, 1.807) is 24.3 Å². The van der Waals surface area contributed by atoms with Gasteiger partial charge < -0.3 is 29.9 Å². The minimum absolute atomic E-state index is 0.448. The van der Waals surface area contributed by atoms with Crippen LogP contribution in [0.2, 0.25) is 0 Å². The van der Waals surface area contributed by atoms with E-state index in [2.05, 4.69) is 0 Å². The second kappa shape index (κ2) is 5.85. The second-order valence-electron chi connectivity index (χ2n) is 4.49. The Morgan fingerprint density at radius 1 is 1.11 bits per heavy atom. The minimum atomic E-state index is -1.39. The maximum Gasteiger partial charge on any atom is 0.124 e. The van der Waals surface area contributed by atoms with Crippen LogP contribution in [0.4, 0.5) is 0 Å². The van der Waals surface area contributed by atoms with Crippen LogP contribution in [0.5, 0.6) is 5.75 Å². The van der Waals surface area contributed by atoms with Crippen LogP contribution in [-0.4, -0.2) is 58.6 Å². The van der Waals surface area contributed by atoms with Gasteiger partial charge in [-0.1, -0.05) is 18.2 Å². The zero-order valence-corrected chi connectivity index (χ0v) is 10.5. The molecule has 106 valence electrons. The third-order valence-corrected chi connectivity index (χ3v) is 3.34. The molecule has 1 aromatic rings. The van der Waals surface area contributed by atoms with Crippen molar-refractivity contribution in [2.75, 3.05) is 13.7 Å². The first kappa shape index (κ1) is 14.2. The van der Waals surface area contributed by atoms with Crippen molar-refractivity contribution < 1.29 is 29.9 Å². The van der Waals surface area contributed by atoms with Gasteiger partial charge in [-0.25, -0.2) is 0 Å². The molecule has 1 heterocycles. The van der Waals surface area contributed by atoms with E-state index in [9.17, 15) is 15.3 Å². The highest BCUT2D eigenvalue weighted by Crippen LogP contribution is 2.36. The molecule has 1 saturated heterocycles. The quantitative estimate of drug-likeness (QED) is 0.574. The van der Waals surface area contributed by atoms with Gasteiger partial charge >= 0.3 is 0 Å². The summed E-state index contributed by atoms with van der Waals surface area (Å²) in [7, 11) is 1.49. The Kier molecular flexibility index (Phi) is 4.38. The number of ether oxygens (including phenoxy) is 2. The fourth-order valence-corrected chi connectivity index (χ4v) is 2.26. The molecule has 6 nitrogen and oxygen atoms in total. The Labute approximate surface area is 110 Å². The summed E-state index contributed by atoms with van der Waals surface area (Å²) < 4.78 is 10.6. The molecular weight excluding hydrogens is 252 g/mol. The summed E-state index contributed by atoms with van der Waals surface area (Å²) in [6.07, 6.45) is -5.83. The summed E-state index contributed by atoms with van der Waals surface area (Å²) in [5.41, 5.74) is 0.557. The van der Waals surface area contributed by atoms with Crippen molar-refractivity contribution in [2.45, 2.75) is 30.5 Å². The molecule has 0 spiro atoms. The van der Waals surface area contributed by atoms with Crippen LogP contribution < -0.4 is 4.74 Å². The maximum absolute atomic E-state index is 10.0. The SMILES string of the molecule is COc1ccccc1[C@@H]1O[C@H](CO)[C@@H](O)[C@H](O)[C@H]1O. The molecule has 0 aliphatic carbocycles. The number of methoxy groups -OCH3 is 1. The molecule has 0 radical (unpaired) electrons. The molecule has 1 fully saturated rings. The lowest BCUT2D eigenvalue weighted by molar-refractivity contribution is -0.232. The van der Waals surface area contributed by atoms with Crippen molar-refractivity contribution in [1.82, 2.24) is 0 Å². The van der Waals surface area contributed by atoms with Gasteiger partial charge in [0, 0.05) is 5.56 Å². The van der Waals surface area contributed by atoms with E-state index in [0.29, 0.717) is 11.3 Å². The molecule has 0 bridgehead atoms. The van der Waals surface area contributed by atoms with E-state index >= 15 is 0 Å². The van der Waals surface area contributed by atoms with Crippen LogP contribution in [0.15, 0.2) is 24.3 Å². The third-order valence-electron chi connectivity index (χ3n) is 3.34. The monoisotopic (exact) mass is 270 g/mol. The summed E-state index contributed by atoms with van der Waals surface area (Å²) in [5, 5.41) is 38.7. The van der Waals surface area contributed by atoms with Gasteiger partial charge in [-0.2, -0.15) is 0 Å². The number of hydrogen-bond donors (Lipinski definition) is 4. The second-order valence-corrected chi connectivity index (χ2v) is 4.49. The molecule has 0 unspecified atom stereocenters. The number of benzene rings is 1. The van der Waals surface area contributed by atoms with Gasteiger partial charge in [-0.15, -0.1) is 0 Å². The first-order valence-electron chi connectivity index (χ1n) is 6.03. The number of para-hydroxylation sites is 1. The Morgan fingerprint density at radius 2 is 1.79 bits per heavy atom. The fraction of sp³-hybridized carbons (Fsp3) is 0.538. The Hall–Kier alpha value is -1.18. The Balaban J connectivity index is 2.32. The van der Waals surface area contributed by atoms with Crippen LogP contribution in [0, 0.1) is 0 Å². The standard InChI is InChI=1S/C13H18O6/c1-18-8-5-3-2-4-7(8)13-12(17)11(16)10(15)9(6-14)19-13/h2-5,9-17H,6H2,1H3/t9-,10-,11+,12-,13+/m1/s1. The van der Waals surface area contributed by atoms with Gasteiger partial charge in [0.05, 0.1) is 13.7 Å². The summed E-state index contributed by atoms with van der Waals surface area (Å²) >= 11 is 0. The number of hydrogen-bond acceptors (Lipinski definition) is 6. The van der Waals surface area contributed by atoms with Gasteiger partial charge in [0.1, 0.15) is 36.3 Å². The van der Waals surface area contributed by atoms with Crippen molar-refractivity contribution in [3.05, 3.63) is 29.8 Å². The van der Waals surface area contributed by atoms with Crippen molar-refractivity contribution in [2.24, 2.45) is 0 Å². The summed E-state index contributed by atoms with van der Waals surface area (Å²) in [6, 6.07) is 6.92. The first-order chi connectivity index (χ1) is 9.10. The normalized spacial score (nSPS) is 35.1. The predicted octanol–water partition coefficient (Wildman–Crippen LogP) is -0.790. The van der Waals surface area contributed by atoms with E-state index in [4.69, 9.17) is 14.6 Å². The largest absolute Gasteiger partial charge is 0.496 e. The lowest BCUT2D eigenvalue weighted by Gasteiger charge is -2.40. The van der Waals surface area contributed by atoms with Gasteiger partial charge in [0.15, 0.2) is 0 Å². The average molecular weight is 270 g/mol. The van der Waals surface area contributed by atoms with Crippen LogP contribution >= 0.6 is 0 Å². The van der Waals surface area contributed by atoms with Crippen LogP contribution in [0.3, 0.4) is 0 Å². The molecule has 0 saturated carbocycles. The van der Waals surface area contributed by atoms with Crippen molar-refractivity contribution in [3.8, 4) is 5.75 Å². The van der Waals surface area contributed by atoms with Gasteiger partial charge in [-0.05, 0) is 6.07 Å². The van der Waals surface area contributed by atoms with E-state index in [-0.39, 0.29) is 0 Å². The molecule has 0 aromatic heterocycles. The van der Waals surface area contributed by atoms with Crippen LogP contribution in [0.25, 0.3) is 0 Å². The summed E-state index contributed by atoms with van der Waals surface area (Å²) in [4.78, 5) is 0. The molecule has 1 aliphatic rings. The Morgan fingerprint density at radius 3 is 2.42 bits per heavy atom. The average Bonchev–Trinajstić information content (AvgIpc) is 2.45. The van der Waals surface area contributed by atoms with Gasteiger partial charge in [0.2, 0.25) is 0 Å². The highest BCUT2D eigenvalue weighted by atomic mass is 16.5. The van der Waals surface area contributed by atoms with E-state index < -0.39 is 37.1 Å². The summed E-state index contributed by atoms with van der Waals surface area (Å²) in [6.45, 7) is -0.448. The van der Waals surface area contributed by atoms with E-state index in [1.165, 1.54) is 7.11 Å². The molecule has 2 rings (SSSR count). The van der Waals surface area contributed by atoms with Crippen molar-refractivity contribution in [3.63, 3.8) is 0 Å². The highest BCUT2D eigenvalue weighted by Gasteiger charge is 2.44. The highest BCUT2D eigenvalue weighted by molar-refractivity contribution is 5.36. The van der Waals surface area contributed by atoms with Crippen molar-refractivity contribution >= 4 is 0 Å². The first-order valence-corrected chi connectivity index (χ1v) is 6.03. The van der Waals surface area contributed by atoms with Gasteiger partial charge in [-0.3, -0.25) is 0 Å². The molecular formula is C13H18O6. The molecule has 0 amide bonds. The minimum Gasteiger partial charge on any atom is -0.496 e. The predicted molar refractivity (Wildman–Crippen MR) is 65.7 cm³/mol. The lowest BCUT2D eigenvalue weighted by Crippen LogP contribution is -2.55. The van der Waals surface area contributed by atoms with E-state index in [1.807, 2.05) is 0 Å². The van der Waals surface area contributed by atoms with E-state index in [0.717, 1.165) is 0 Å². The van der Waals surface area contributed by atoms with Crippen molar-refractivity contribution in [1.29, 1.82) is 0 Å².